The van der Waals surface area contributed by atoms with Gasteiger partial charge >= 0.3 is 0 Å². The monoisotopic (exact) mass is 592 g/mol. The lowest BCUT2D eigenvalue weighted by molar-refractivity contribution is 0.210. The van der Waals surface area contributed by atoms with Gasteiger partial charge in [0.1, 0.15) is 35.4 Å². The molecule has 0 amide bonds. The zero-order chi connectivity index (χ0) is 29.9. The van der Waals surface area contributed by atoms with Gasteiger partial charge < -0.3 is 23.5 Å². The van der Waals surface area contributed by atoms with E-state index in [1.807, 2.05) is 68.4 Å². The van der Waals surface area contributed by atoms with Crippen molar-refractivity contribution < 1.29 is 23.5 Å². The molecular formula is C35H32N2O5S. The van der Waals surface area contributed by atoms with E-state index in [0.29, 0.717) is 30.5 Å². The number of nitrogens with zero attached hydrogens (tertiary/aromatic N) is 2. The van der Waals surface area contributed by atoms with Crippen molar-refractivity contribution in [2.45, 2.75) is 20.8 Å². The van der Waals surface area contributed by atoms with Crippen LogP contribution in [0, 0.1) is 20.8 Å². The molecule has 8 heteroatoms. The molecule has 2 heterocycles. The number of hydrogen-bond acceptors (Lipinski definition) is 8. The maximum absolute atomic E-state index is 6.14. The molecule has 0 radical (unpaired) electrons. The number of fused-ring (bicyclic) bond motifs is 1. The number of benzene rings is 4. The molecule has 0 saturated carbocycles. The zero-order valence-corrected chi connectivity index (χ0v) is 25.6. The van der Waals surface area contributed by atoms with Crippen LogP contribution in [0.5, 0.6) is 23.0 Å². The minimum Gasteiger partial charge on any atom is -0.496 e. The van der Waals surface area contributed by atoms with Crippen LogP contribution in [-0.2, 0) is 0 Å². The molecular weight excluding hydrogens is 560 g/mol. The molecule has 0 unspecified atom stereocenters. The first-order valence-corrected chi connectivity index (χ1v) is 14.8. The molecule has 6 rings (SSSR count). The van der Waals surface area contributed by atoms with Crippen LogP contribution in [0.2, 0.25) is 0 Å². The summed E-state index contributed by atoms with van der Waals surface area (Å²) in [7, 11) is 3.29. The van der Waals surface area contributed by atoms with Crippen molar-refractivity contribution in [1.29, 1.82) is 0 Å². The Hall–Kier alpha value is -4.82. The van der Waals surface area contributed by atoms with Crippen LogP contribution in [-0.4, -0.2) is 37.6 Å². The third kappa shape index (κ3) is 5.92. The smallest absolute Gasteiger partial charge is 0.167 e. The maximum atomic E-state index is 6.14. The van der Waals surface area contributed by atoms with Gasteiger partial charge in [0, 0.05) is 22.8 Å². The van der Waals surface area contributed by atoms with Crippen molar-refractivity contribution in [1.82, 2.24) is 10.1 Å². The molecule has 43 heavy (non-hydrogen) atoms. The summed E-state index contributed by atoms with van der Waals surface area (Å²) in [6.07, 6.45) is 0. The van der Waals surface area contributed by atoms with Gasteiger partial charge in [0.15, 0.2) is 17.3 Å². The van der Waals surface area contributed by atoms with Crippen LogP contribution in [0.1, 0.15) is 16.7 Å². The number of aromatic nitrogens is 2. The summed E-state index contributed by atoms with van der Waals surface area (Å²) in [5, 5.41) is 5.28. The van der Waals surface area contributed by atoms with E-state index in [1.165, 1.54) is 0 Å². The summed E-state index contributed by atoms with van der Waals surface area (Å²) in [6.45, 7) is 6.82. The predicted molar refractivity (Wildman–Crippen MR) is 171 cm³/mol. The highest BCUT2D eigenvalue weighted by atomic mass is 32.1. The normalized spacial score (nSPS) is 11.1. The van der Waals surface area contributed by atoms with Crippen LogP contribution >= 0.6 is 11.3 Å². The quantitative estimate of drug-likeness (QED) is 0.147. The fraction of sp³-hybridized carbons (Fsp3) is 0.200. The van der Waals surface area contributed by atoms with Gasteiger partial charge in [-0.05, 0) is 86.0 Å². The lowest BCUT2D eigenvalue weighted by Gasteiger charge is -2.13. The molecule has 4 aromatic carbocycles. The zero-order valence-electron chi connectivity index (χ0n) is 24.8. The van der Waals surface area contributed by atoms with E-state index in [-0.39, 0.29) is 0 Å². The van der Waals surface area contributed by atoms with E-state index < -0.39 is 0 Å². The van der Waals surface area contributed by atoms with Gasteiger partial charge in [-0.25, -0.2) is 4.98 Å². The van der Waals surface area contributed by atoms with Crippen molar-refractivity contribution in [3.63, 3.8) is 0 Å². The standard InChI is InChI=1S/C35H32N2O5S/c1-21-10-11-25(35-36-27-8-6-7-9-34(27)43-35)18-30(21)40-14-15-41-33-17-24(12-13-29(33)38-4)32-20-28(37-42-32)26-16-22(2)23(3)31(19-26)39-5/h6-13,16-20H,14-15H2,1-5H3. The molecule has 0 aliphatic rings. The summed E-state index contributed by atoms with van der Waals surface area (Å²) in [5.41, 5.74) is 7.79. The summed E-state index contributed by atoms with van der Waals surface area (Å²) in [6, 6.07) is 26.0. The molecule has 0 atom stereocenters. The van der Waals surface area contributed by atoms with E-state index in [4.69, 9.17) is 28.5 Å². The molecule has 0 N–H and O–H groups in total. The molecule has 0 bridgehead atoms. The highest BCUT2D eigenvalue weighted by molar-refractivity contribution is 7.21. The van der Waals surface area contributed by atoms with Crippen LogP contribution < -0.4 is 18.9 Å². The Morgan fingerprint density at radius 3 is 2.19 bits per heavy atom. The van der Waals surface area contributed by atoms with Crippen molar-refractivity contribution in [3.05, 3.63) is 95.6 Å². The average molecular weight is 593 g/mol. The number of para-hydroxylation sites is 1. The van der Waals surface area contributed by atoms with Gasteiger partial charge in [0.25, 0.3) is 0 Å². The lowest BCUT2D eigenvalue weighted by atomic mass is 10.0. The molecule has 218 valence electrons. The van der Waals surface area contributed by atoms with Crippen molar-refractivity contribution >= 4 is 21.6 Å². The van der Waals surface area contributed by atoms with Gasteiger partial charge in [0.05, 0.1) is 24.4 Å². The molecule has 0 fully saturated rings. The summed E-state index contributed by atoms with van der Waals surface area (Å²) in [5.74, 6) is 3.46. The minimum atomic E-state index is 0.328. The van der Waals surface area contributed by atoms with Gasteiger partial charge in [0.2, 0.25) is 0 Å². The van der Waals surface area contributed by atoms with Crippen LogP contribution in [0.25, 0.3) is 43.4 Å². The Labute approximate surface area is 254 Å². The Balaban J connectivity index is 1.14. The van der Waals surface area contributed by atoms with Gasteiger partial charge in [-0.3, -0.25) is 0 Å². The number of rotatable bonds is 10. The molecule has 2 aromatic heterocycles. The van der Waals surface area contributed by atoms with Crippen LogP contribution in [0.3, 0.4) is 0 Å². The number of methoxy groups -OCH3 is 2. The number of ether oxygens (including phenoxy) is 4. The number of hydrogen-bond donors (Lipinski definition) is 0. The maximum Gasteiger partial charge on any atom is 0.167 e. The van der Waals surface area contributed by atoms with Crippen molar-refractivity contribution in [2.24, 2.45) is 0 Å². The van der Waals surface area contributed by atoms with Crippen molar-refractivity contribution in [3.8, 4) is 56.2 Å². The van der Waals surface area contributed by atoms with Crippen LogP contribution in [0.4, 0.5) is 0 Å². The molecule has 0 aliphatic carbocycles. The third-order valence-electron chi connectivity index (χ3n) is 7.42. The fourth-order valence-electron chi connectivity index (χ4n) is 4.86. The Bertz CT molecular complexity index is 1880. The topological polar surface area (TPSA) is 75.8 Å². The van der Waals surface area contributed by atoms with E-state index in [1.54, 1.807) is 25.6 Å². The fourth-order valence-corrected chi connectivity index (χ4v) is 5.83. The minimum absolute atomic E-state index is 0.328. The van der Waals surface area contributed by atoms with E-state index in [0.717, 1.165) is 65.8 Å². The number of thiazole rings is 1. The lowest BCUT2D eigenvalue weighted by Crippen LogP contribution is -2.10. The Morgan fingerprint density at radius 1 is 0.674 bits per heavy atom. The van der Waals surface area contributed by atoms with E-state index >= 15 is 0 Å². The Kier molecular flexibility index (Phi) is 8.03. The SMILES string of the molecule is COc1ccc(-c2cc(-c3cc(C)c(C)c(OC)c3)no2)cc1OCCOc1cc(-c2nc3ccccc3s2)ccc1C. The second kappa shape index (κ2) is 12.2. The van der Waals surface area contributed by atoms with E-state index in [2.05, 4.69) is 36.3 Å². The molecule has 0 aliphatic heterocycles. The third-order valence-corrected chi connectivity index (χ3v) is 8.51. The van der Waals surface area contributed by atoms with Crippen LogP contribution in [0.15, 0.2) is 83.4 Å². The first-order chi connectivity index (χ1) is 20.9. The summed E-state index contributed by atoms with van der Waals surface area (Å²) < 4.78 is 30.2. The van der Waals surface area contributed by atoms with Gasteiger partial charge in [-0.2, -0.15) is 0 Å². The molecule has 0 saturated heterocycles. The largest absolute Gasteiger partial charge is 0.496 e. The highest BCUT2D eigenvalue weighted by Gasteiger charge is 2.15. The average Bonchev–Trinajstić information content (AvgIpc) is 3.69. The second-order valence-electron chi connectivity index (χ2n) is 10.2. The van der Waals surface area contributed by atoms with Crippen molar-refractivity contribution in [2.75, 3.05) is 27.4 Å². The predicted octanol–water partition coefficient (Wildman–Crippen LogP) is 8.69. The van der Waals surface area contributed by atoms with E-state index in [9.17, 15) is 0 Å². The van der Waals surface area contributed by atoms with Gasteiger partial charge in [-0.15, -0.1) is 11.3 Å². The first kappa shape index (κ1) is 28.3. The molecule has 0 spiro atoms. The van der Waals surface area contributed by atoms with Gasteiger partial charge in [-0.1, -0.05) is 29.4 Å². The molecule has 7 nitrogen and oxygen atoms in total. The Morgan fingerprint density at radius 2 is 1.40 bits per heavy atom. The second-order valence-corrected chi connectivity index (χ2v) is 11.3. The number of aryl methyl sites for hydroxylation is 2. The first-order valence-electron chi connectivity index (χ1n) is 14.0. The summed E-state index contributed by atoms with van der Waals surface area (Å²) >= 11 is 1.67. The highest BCUT2D eigenvalue weighted by Crippen LogP contribution is 2.36. The summed E-state index contributed by atoms with van der Waals surface area (Å²) in [4.78, 5) is 4.78. The molecule has 6 aromatic rings.